The second-order valence-electron chi connectivity index (χ2n) is 2.94. The Morgan fingerprint density at radius 2 is 1.69 bits per heavy atom. The summed E-state index contributed by atoms with van der Waals surface area (Å²) in [7, 11) is 0. The number of imidazole rings is 1. The minimum Gasteiger partial charge on any atom is -0.396 e. The van der Waals surface area contributed by atoms with Crippen molar-refractivity contribution in [2.24, 2.45) is 0 Å². The summed E-state index contributed by atoms with van der Waals surface area (Å²) in [6, 6.07) is 3.79. The molecule has 0 spiro atoms. The summed E-state index contributed by atoms with van der Waals surface area (Å²) in [6.07, 6.45) is 1.97. The van der Waals surface area contributed by atoms with E-state index in [1.54, 1.807) is 0 Å². The molecule has 0 aliphatic heterocycles. The fourth-order valence-electron chi connectivity index (χ4n) is 1.32. The van der Waals surface area contributed by atoms with E-state index in [0.717, 1.165) is 22.7 Å². The Labute approximate surface area is 98.3 Å². The highest BCUT2D eigenvalue weighted by molar-refractivity contribution is 5.65. The van der Waals surface area contributed by atoms with Crippen molar-refractivity contribution in [3.05, 3.63) is 29.7 Å². The van der Waals surface area contributed by atoms with Gasteiger partial charge in [0.15, 0.2) is 5.65 Å². The highest BCUT2D eigenvalue weighted by Crippen LogP contribution is 2.15. The largest absolute Gasteiger partial charge is 0.396 e. The Morgan fingerprint density at radius 3 is 2.19 bits per heavy atom. The third kappa shape index (κ3) is 2.75. The zero-order valence-electron chi connectivity index (χ0n) is 11.2. The van der Waals surface area contributed by atoms with E-state index in [1.807, 2.05) is 64.3 Å². The van der Waals surface area contributed by atoms with Gasteiger partial charge in [0.25, 0.3) is 0 Å². The van der Waals surface area contributed by atoms with Crippen molar-refractivity contribution >= 4 is 11.3 Å². The van der Waals surface area contributed by atoms with Gasteiger partial charge in [0.05, 0.1) is 11.4 Å². The average molecular weight is 221 g/mol. The molecule has 2 N–H and O–H groups in total. The molecular formula is C13H23N3. The van der Waals surface area contributed by atoms with Gasteiger partial charge in [-0.2, -0.15) is 0 Å². The second-order valence-corrected chi connectivity index (χ2v) is 2.94. The van der Waals surface area contributed by atoms with Crippen molar-refractivity contribution in [1.82, 2.24) is 9.38 Å². The monoisotopic (exact) mass is 221 g/mol. The number of fused-ring (bicyclic) bond motifs is 1. The molecule has 3 heteroatoms. The molecule has 0 amide bonds. The zero-order chi connectivity index (χ0) is 12.7. The van der Waals surface area contributed by atoms with Gasteiger partial charge in [-0.15, -0.1) is 0 Å². The van der Waals surface area contributed by atoms with E-state index in [0.29, 0.717) is 0 Å². The molecule has 0 fully saturated rings. The van der Waals surface area contributed by atoms with E-state index in [4.69, 9.17) is 5.73 Å². The van der Waals surface area contributed by atoms with Crippen molar-refractivity contribution < 1.29 is 0 Å². The first kappa shape index (κ1) is 14.5. The number of anilines is 1. The van der Waals surface area contributed by atoms with E-state index in [-0.39, 0.29) is 0 Å². The summed E-state index contributed by atoms with van der Waals surface area (Å²) < 4.78 is 2.00. The number of nitrogen functional groups attached to an aromatic ring is 1. The van der Waals surface area contributed by atoms with Gasteiger partial charge in [-0.1, -0.05) is 27.7 Å². The third-order valence-electron chi connectivity index (χ3n) is 2.16. The molecule has 0 bridgehead atoms. The van der Waals surface area contributed by atoms with Gasteiger partial charge < -0.3 is 10.1 Å². The maximum absolute atomic E-state index is 5.76. The van der Waals surface area contributed by atoms with Crippen LogP contribution in [0.3, 0.4) is 0 Å². The lowest BCUT2D eigenvalue weighted by atomic mass is 10.4. The van der Waals surface area contributed by atoms with Gasteiger partial charge in [-0.05, 0) is 26.0 Å². The summed E-state index contributed by atoms with van der Waals surface area (Å²) in [4.78, 5) is 4.35. The molecule has 0 saturated heterocycles. The van der Waals surface area contributed by atoms with Crippen LogP contribution in [-0.4, -0.2) is 9.38 Å². The van der Waals surface area contributed by atoms with Crippen LogP contribution in [0.25, 0.3) is 5.65 Å². The smallest absolute Gasteiger partial charge is 0.160 e. The predicted molar refractivity (Wildman–Crippen MR) is 71.8 cm³/mol. The van der Waals surface area contributed by atoms with Crippen LogP contribution in [0.5, 0.6) is 0 Å². The first-order chi connectivity index (χ1) is 7.70. The van der Waals surface area contributed by atoms with Crippen LogP contribution in [0.2, 0.25) is 0 Å². The number of rotatable bonds is 0. The second kappa shape index (κ2) is 6.88. The van der Waals surface area contributed by atoms with Crippen molar-refractivity contribution in [2.75, 3.05) is 5.73 Å². The molecular weight excluding hydrogens is 198 g/mol. The highest BCUT2D eigenvalue weighted by Gasteiger charge is 2.04. The Bertz CT molecular complexity index is 430. The van der Waals surface area contributed by atoms with Gasteiger partial charge in [0.1, 0.15) is 0 Å². The van der Waals surface area contributed by atoms with E-state index in [1.165, 1.54) is 0 Å². The molecule has 0 aliphatic rings. The standard InChI is InChI=1S/C9H11N3.2C2H6/c1-6-7(2)12-5-3-4-8(10)9(12)11-6;2*1-2/h3-5H,10H2,1-2H3;2*1-2H3. The van der Waals surface area contributed by atoms with E-state index < -0.39 is 0 Å². The van der Waals surface area contributed by atoms with Crippen LogP contribution in [0, 0.1) is 13.8 Å². The van der Waals surface area contributed by atoms with Gasteiger partial charge >= 0.3 is 0 Å². The lowest BCUT2D eigenvalue weighted by Gasteiger charge is -1.97. The number of nitrogens with zero attached hydrogens (tertiary/aromatic N) is 2. The molecule has 0 unspecified atom stereocenters. The first-order valence-corrected chi connectivity index (χ1v) is 5.90. The zero-order valence-corrected chi connectivity index (χ0v) is 11.2. The molecule has 0 aliphatic carbocycles. The van der Waals surface area contributed by atoms with Crippen LogP contribution < -0.4 is 5.73 Å². The molecule has 2 aromatic heterocycles. The summed E-state index contributed by atoms with van der Waals surface area (Å²) in [5.74, 6) is 0. The SMILES string of the molecule is CC.CC.Cc1nc2c(N)cccn2c1C. The molecule has 16 heavy (non-hydrogen) atoms. The molecule has 2 heterocycles. The maximum atomic E-state index is 5.76. The summed E-state index contributed by atoms with van der Waals surface area (Å²) in [5.41, 5.74) is 9.52. The van der Waals surface area contributed by atoms with Crippen molar-refractivity contribution in [3.8, 4) is 0 Å². The molecule has 0 radical (unpaired) electrons. The molecule has 2 aromatic rings. The van der Waals surface area contributed by atoms with Crippen LogP contribution in [-0.2, 0) is 0 Å². The van der Waals surface area contributed by atoms with Crippen LogP contribution in [0.15, 0.2) is 18.3 Å². The van der Waals surface area contributed by atoms with Gasteiger partial charge in [-0.25, -0.2) is 4.98 Å². The number of pyridine rings is 1. The van der Waals surface area contributed by atoms with E-state index >= 15 is 0 Å². The Kier molecular flexibility index (Phi) is 6.23. The molecule has 0 saturated carbocycles. The number of aryl methyl sites for hydroxylation is 2. The number of aromatic nitrogens is 2. The highest BCUT2D eigenvalue weighted by atomic mass is 15.0. The summed E-state index contributed by atoms with van der Waals surface area (Å²) >= 11 is 0. The van der Waals surface area contributed by atoms with Crippen LogP contribution in [0.1, 0.15) is 39.1 Å². The molecule has 3 nitrogen and oxygen atoms in total. The summed E-state index contributed by atoms with van der Waals surface area (Å²) in [6.45, 7) is 12.0. The first-order valence-electron chi connectivity index (χ1n) is 5.90. The van der Waals surface area contributed by atoms with Crippen molar-refractivity contribution in [2.45, 2.75) is 41.5 Å². The van der Waals surface area contributed by atoms with E-state index in [9.17, 15) is 0 Å². The van der Waals surface area contributed by atoms with Crippen LogP contribution in [0.4, 0.5) is 5.69 Å². The Morgan fingerprint density at radius 1 is 1.12 bits per heavy atom. The Balaban J connectivity index is 0.000000509. The average Bonchev–Trinajstić information content (AvgIpc) is 2.63. The Hall–Kier alpha value is -1.51. The maximum Gasteiger partial charge on any atom is 0.160 e. The fraction of sp³-hybridized carbons (Fsp3) is 0.462. The number of hydrogen-bond acceptors (Lipinski definition) is 2. The molecule has 0 aromatic carbocycles. The van der Waals surface area contributed by atoms with E-state index in [2.05, 4.69) is 4.98 Å². The summed E-state index contributed by atoms with van der Waals surface area (Å²) in [5, 5.41) is 0. The topological polar surface area (TPSA) is 43.3 Å². The lowest BCUT2D eigenvalue weighted by Crippen LogP contribution is -1.92. The van der Waals surface area contributed by atoms with Gasteiger partial charge in [0.2, 0.25) is 0 Å². The van der Waals surface area contributed by atoms with Gasteiger partial charge in [0, 0.05) is 11.9 Å². The van der Waals surface area contributed by atoms with Crippen molar-refractivity contribution in [1.29, 1.82) is 0 Å². The molecule has 2 rings (SSSR count). The quantitative estimate of drug-likeness (QED) is 0.738. The predicted octanol–water partition coefficient (Wildman–Crippen LogP) is 3.59. The third-order valence-corrected chi connectivity index (χ3v) is 2.16. The minimum atomic E-state index is 0.730. The lowest BCUT2D eigenvalue weighted by molar-refractivity contribution is 1.10. The van der Waals surface area contributed by atoms with Gasteiger partial charge in [-0.3, -0.25) is 0 Å². The normalized spacial score (nSPS) is 8.88. The molecule has 90 valence electrons. The fourth-order valence-corrected chi connectivity index (χ4v) is 1.32. The molecule has 0 atom stereocenters. The number of nitrogens with two attached hydrogens (primary N) is 1. The van der Waals surface area contributed by atoms with Crippen molar-refractivity contribution in [3.63, 3.8) is 0 Å². The van der Waals surface area contributed by atoms with Crippen LogP contribution >= 0.6 is 0 Å². The number of hydrogen-bond donors (Lipinski definition) is 1. The minimum absolute atomic E-state index is 0.730.